The van der Waals surface area contributed by atoms with Crippen LogP contribution in [0.5, 0.6) is 5.75 Å². The molecule has 2 rings (SSSR count). The molecular formula is C21H27N3O3. The molecule has 0 unspecified atom stereocenters. The van der Waals surface area contributed by atoms with Crippen LogP contribution >= 0.6 is 0 Å². The minimum absolute atomic E-state index is 0.0645. The number of benzene rings is 2. The lowest BCUT2D eigenvalue weighted by atomic mass is 10.2. The zero-order valence-electron chi connectivity index (χ0n) is 16.0. The minimum Gasteiger partial charge on any atom is -0.494 e. The van der Waals surface area contributed by atoms with Gasteiger partial charge in [0, 0.05) is 29.0 Å². The fourth-order valence-corrected chi connectivity index (χ4v) is 2.26. The molecule has 27 heavy (non-hydrogen) atoms. The summed E-state index contributed by atoms with van der Waals surface area (Å²) < 4.78 is 5.58. The Morgan fingerprint density at radius 3 is 2.33 bits per heavy atom. The van der Waals surface area contributed by atoms with Gasteiger partial charge in [0.05, 0.1) is 13.2 Å². The van der Waals surface area contributed by atoms with Crippen LogP contribution in [0.25, 0.3) is 0 Å². The second-order valence-corrected chi connectivity index (χ2v) is 6.50. The average Bonchev–Trinajstić information content (AvgIpc) is 2.65. The van der Waals surface area contributed by atoms with Gasteiger partial charge in [0.25, 0.3) is 0 Å². The molecule has 0 spiro atoms. The van der Waals surface area contributed by atoms with Crippen molar-refractivity contribution in [1.29, 1.82) is 0 Å². The van der Waals surface area contributed by atoms with Crippen LogP contribution in [0.4, 0.5) is 17.1 Å². The maximum absolute atomic E-state index is 12.2. The van der Waals surface area contributed by atoms with Gasteiger partial charge in [-0.1, -0.05) is 32.9 Å². The fraction of sp³-hybridized carbons (Fsp3) is 0.333. The number of nitrogens with one attached hydrogen (secondary N) is 3. The highest BCUT2D eigenvalue weighted by Gasteiger charge is 2.08. The average molecular weight is 369 g/mol. The van der Waals surface area contributed by atoms with E-state index < -0.39 is 0 Å². The molecule has 0 saturated heterocycles. The van der Waals surface area contributed by atoms with E-state index in [9.17, 15) is 9.59 Å². The summed E-state index contributed by atoms with van der Waals surface area (Å²) in [6.07, 6.45) is 0.941. The molecule has 0 aromatic heterocycles. The van der Waals surface area contributed by atoms with Crippen LogP contribution in [0.1, 0.15) is 27.2 Å². The number of hydrogen-bond donors (Lipinski definition) is 3. The summed E-state index contributed by atoms with van der Waals surface area (Å²) in [6.45, 7) is 6.49. The van der Waals surface area contributed by atoms with Crippen LogP contribution in [-0.4, -0.2) is 25.0 Å². The van der Waals surface area contributed by atoms with Crippen LogP contribution < -0.4 is 20.7 Å². The lowest BCUT2D eigenvalue weighted by molar-refractivity contribution is -0.119. The quantitative estimate of drug-likeness (QED) is 0.621. The SMILES string of the molecule is CCCOc1cccc(NCC(=O)Nc2cccc(NC(=O)C(C)C)c2)c1. The van der Waals surface area contributed by atoms with Crippen molar-refractivity contribution in [2.24, 2.45) is 5.92 Å². The van der Waals surface area contributed by atoms with Crippen LogP contribution in [0.3, 0.4) is 0 Å². The molecule has 2 aromatic rings. The Morgan fingerprint density at radius 2 is 1.63 bits per heavy atom. The summed E-state index contributed by atoms with van der Waals surface area (Å²) in [7, 11) is 0. The number of hydrogen-bond acceptors (Lipinski definition) is 4. The van der Waals surface area contributed by atoms with E-state index in [1.807, 2.05) is 38.1 Å². The monoisotopic (exact) mass is 369 g/mol. The highest BCUT2D eigenvalue weighted by atomic mass is 16.5. The number of carbonyl (C=O) groups excluding carboxylic acids is 2. The highest BCUT2D eigenvalue weighted by Crippen LogP contribution is 2.18. The largest absolute Gasteiger partial charge is 0.494 e. The maximum atomic E-state index is 12.2. The molecule has 0 atom stereocenters. The first-order valence-electron chi connectivity index (χ1n) is 9.15. The Bertz CT molecular complexity index is 775. The number of rotatable bonds is 9. The van der Waals surface area contributed by atoms with E-state index in [0.29, 0.717) is 18.0 Å². The molecule has 0 saturated carbocycles. The predicted octanol–water partition coefficient (Wildman–Crippen LogP) is 4.12. The van der Waals surface area contributed by atoms with Gasteiger partial charge in [0.2, 0.25) is 11.8 Å². The lowest BCUT2D eigenvalue weighted by Gasteiger charge is -2.11. The predicted molar refractivity (Wildman–Crippen MR) is 109 cm³/mol. The van der Waals surface area contributed by atoms with Crippen LogP contribution in [-0.2, 0) is 9.59 Å². The Hall–Kier alpha value is -3.02. The van der Waals surface area contributed by atoms with Gasteiger partial charge < -0.3 is 20.7 Å². The van der Waals surface area contributed by atoms with Crippen LogP contribution in [0, 0.1) is 5.92 Å². The zero-order chi connectivity index (χ0) is 19.6. The first-order chi connectivity index (χ1) is 13.0. The molecule has 0 aliphatic heterocycles. The minimum atomic E-state index is -0.179. The normalized spacial score (nSPS) is 10.4. The second-order valence-electron chi connectivity index (χ2n) is 6.50. The number of ether oxygens (including phenoxy) is 1. The summed E-state index contributed by atoms with van der Waals surface area (Å²) >= 11 is 0. The Kier molecular flexibility index (Phi) is 7.67. The standard InChI is InChI=1S/C21H27N3O3/c1-4-11-27-19-10-6-7-16(13-19)22-14-20(25)23-17-8-5-9-18(12-17)24-21(26)15(2)3/h5-10,12-13,15,22H,4,11,14H2,1-3H3,(H,23,25)(H,24,26). The molecule has 0 bridgehead atoms. The van der Waals surface area contributed by atoms with Gasteiger partial charge in [-0.3, -0.25) is 9.59 Å². The Morgan fingerprint density at radius 1 is 0.963 bits per heavy atom. The van der Waals surface area contributed by atoms with Gasteiger partial charge in [-0.2, -0.15) is 0 Å². The highest BCUT2D eigenvalue weighted by molar-refractivity contribution is 5.96. The molecule has 6 heteroatoms. The summed E-state index contributed by atoms with van der Waals surface area (Å²) in [4.78, 5) is 24.0. The van der Waals surface area contributed by atoms with E-state index in [1.54, 1.807) is 24.3 Å². The van der Waals surface area contributed by atoms with Gasteiger partial charge in [-0.05, 0) is 36.8 Å². The first kappa shape index (κ1) is 20.3. The van der Waals surface area contributed by atoms with E-state index >= 15 is 0 Å². The molecular weight excluding hydrogens is 342 g/mol. The van der Waals surface area contributed by atoms with Crippen molar-refractivity contribution in [1.82, 2.24) is 0 Å². The Balaban J connectivity index is 1.88. The summed E-state index contributed by atoms with van der Waals surface area (Å²) in [5, 5.41) is 8.72. The molecule has 0 aliphatic rings. The van der Waals surface area contributed by atoms with E-state index in [2.05, 4.69) is 22.9 Å². The molecule has 0 radical (unpaired) electrons. The molecule has 144 valence electrons. The zero-order valence-corrected chi connectivity index (χ0v) is 16.0. The molecule has 3 N–H and O–H groups in total. The lowest BCUT2D eigenvalue weighted by Crippen LogP contribution is -2.22. The number of amides is 2. The van der Waals surface area contributed by atoms with Gasteiger partial charge in [-0.25, -0.2) is 0 Å². The van der Waals surface area contributed by atoms with Crippen molar-refractivity contribution >= 4 is 28.9 Å². The van der Waals surface area contributed by atoms with E-state index in [0.717, 1.165) is 17.9 Å². The van der Waals surface area contributed by atoms with Gasteiger partial charge in [-0.15, -0.1) is 0 Å². The van der Waals surface area contributed by atoms with E-state index in [-0.39, 0.29) is 24.3 Å². The molecule has 0 aliphatic carbocycles. The third-order valence-electron chi connectivity index (χ3n) is 3.70. The van der Waals surface area contributed by atoms with Crippen molar-refractivity contribution in [3.05, 3.63) is 48.5 Å². The van der Waals surface area contributed by atoms with Crippen LogP contribution in [0.15, 0.2) is 48.5 Å². The summed E-state index contributed by atoms with van der Waals surface area (Å²) in [5.74, 6) is 0.424. The molecule has 0 fully saturated rings. The smallest absolute Gasteiger partial charge is 0.243 e. The van der Waals surface area contributed by atoms with Crippen molar-refractivity contribution in [3.63, 3.8) is 0 Å². The topological polar surface area (TPSA) is 79.5 Å². The second kappa shape index (κ2) is 10.2. The third-order valence-corrected chi connectivity index (χ3v) is 3.70. The van der Waals surface area contributed by atoms with E-state index in [4.69, 9.17) is 4.74 Å². The molecule has 6 nitrogen and oxygen atoms in total. The number of carbonyl (C=O) groups is 2. The summed E-state index contributed by atoms with van der Waals surface area (Å²) in [6, 6.07) is 14.6. The molecule has 2 aromatic carbocycles. The van der Waals surface area contributed by atoms with Crippen molar-refractivity contribution in [3.8, 4) is 5.75 Å². The first-order valence-corrected chi connectivity index (χ1v) is 9.15. The molecule has 2 amide bonds. The van der Waals surface area contributed by atoms with Crippen molar-refractivity contribution < 1.29 is 14.3 Å². The van der Waals surface area contributed by atoms with Gasteiger partial charge in [0.15, 0.2) is 0 Å². The molecule has 0 heterocycles. The Labute approximate surface area is 160 Å². The fourth-order valence-electron chi connectivity index (χ4n) is 2.26. The van der Waals surface area contributed by atoms with Gasteiger partial charge >= 0.3 is 0 Å². The van der Waals surface area contributed by atoms with Gasteiger partial charge in [0.1, 0.15) is 5.75 Å². The number of anilines is 3. The van der Waals surface area contributed by atoms with Crippen LogP contribution in [0.2, 0.25) is 0 Å². The van der Waals surface area contributed by atoms with Crippen molar-refractivity contribution in [2.75, 3.05) is 29.1 Å². The summed E-state index contributed by atoms with van der Waals surface area (Å²) in [5.41, 5.74) is 2.10. The van der Waals surface area contributed by atoms with E-state index in [1.165, 1.54) is 0 Å². The maximum Gasteiger partial charge on any atom is 0.243 e. The third kappa shape index (κ3) is 7.01. The van der Waals surface area contributed by atoms with Crippen molar-refractivity contribution in [2.45, 2.75) is 27.2 Å².